The van der Waals surface area contributed by atoms with Crippen LogP contribution in [-0.4, -0.2) is 18.8 Å². The van der Waals surface area contributed by atoms with Crippen molar-refractivity contribution in [1.82, 2.24) is 0 Å². The van der Waals surface area contributed by atoms with E-state index in [0.29, 0.717) is 5.75 Å². The predicted octanol–water partition coefficient (Wildman–Crippen LogP) is 2.58. The van der Waals surface area contributed by atoms with E-state index in [-0.39, 0.29) is 30.3 Å². The fourth-order valence-corrected chi connectivity index (χ4v) is 1.62. The molecule has 6 heteroatoms. The molecule has 0 heterocycles. The van der Waals surface area contributed by atoms with Crippen LogP contribution in [0.15, 0.2) is 24.3 Å². The predicted molar refractivity (Wildman–Crippen MR) is 61.9 cm³/mol. The first-order chi connectivity index (χ1) is 7.63. The van der Waals surface area contributed by atoms with Gasteiger partial charge in [0.25, 0.3) is 0 Å². The van der Waals surface area contributed by atoms with Gasteiger partial charge in [0.05, 0.1) is 0 Å². The van der Waals surface area contributed by atoms with Gasteiger partial charge in [0.1, 0.15) is 17.6 Å². The molecule has 2 rings (SSSR count). The van der Waals surface area contributed by atoms with Gasteiger partial charge in [-0.3, -0.25) is 0 Å². The smallest absolute Gasteiger partial charge is 0.387 e. The number of rotatable bonds is 4. The van der Waals surface area contributed by atoms with Gasteiger partial charge in [0.2, 0.25) is 0 Å². The van der Waals surface area contributed by atoms with E-state index in [1.165, 1.54) is 12.1 Å². The van der Waals surface area contributed by atoms with Gasteiger partial charge in [0, 0.05) is 12.1 Å². The Morgan fingerprint density at radius 2 is 1.88 bits per heavy atom. The maximum Gasteiger partial charge on any atom is 0.387 e. The van der Waals surface area contributed by atoms with Crippen LogP contribution in [0.1, 0.15) is 12.8 Å². The summed E-state index contributed by atoms with van der Waals surface area (Å²) < 4.78 is 33.7. The van der Waals surface area contributed by atoms with Crippen LogP contribution >= 0.6 is 12.4 Å². The Bertz CT molecular complexity index is 359. The van der Waals surface area contributed by atoms with Gasteiger partial charge in [-0.1, -0.05) is 6.07 Å². The third kappa shape index (κ3) is 4.02. The Kier molecular flexibility index (Phi) is 4.96. The summed E-state index contributed by atoms with van der Waals surface area (Å²) >= 11 is 0. The van der Waals surface area contributed by atoms with Crippen molar-refractivity contribution < 1.29 is 18.3 Å². The molecule has 1 aromatic rings. The molecule has 2 N–H and O–H groups in total. The van der Waals surface area contributed by atoms with Gasteiger partial charge in [0.15, 0.2) is 0 Å². The first-order valence-electron chi connectivity index (χ1n) is 5.10. The minimum absolute atomic E-state index is 0. The average Bonchev–Trinajstić information content (AvgIpc) is 2.15. The van der Waals surface area contributed by atoms with Crippen LogP contribution in [0.5, 0.6) is 11.5 Å². The highest BCUT2D eigenvalue weighted by Crippen LogP contribution is 2.27. The van der Waals surface area contributed by atoms with Gasteiger partial charge >= 0.3 is 6.61 Å². The highest BCUT2D eigenvalue weighted by atomic mass is 35.5. The SMILES string of the molecule is Cl.NC1CC(Oc2cccc(OC(F)F)c2)C1. The zero-order valence-corrected chi connectivity index (χ0v) is 9.83. The molecule has 0 aromatic heterocycles. The standard InChI is InChI=1S/C11H13F2NO2.ClH/c12-11(13)16-9-3-1-2-8(6-9)15-10-4-7(14)5-10;/h1-3,6-7,10-11H,4-5,14H2;1H. The molecule has 0 aliphatic heterocycles. The maximum atomic E-state index is 12.0. The van der Waals surface area contributed by atoms with Gasteiger partial charge in [-0.25, -0.2) is 0 Å². The van der Waals surface area contributed by atoms with E-state index in [2.05, 4.69) is 4.74 Å². The van der Waals surface area contributed by atoms with Crippen LogP contribution in [0.2, 0.25) is 0 Å². The third-order valence-electron chi connectivity index (χ3n) is 2.46. The number of hydrogen-bond acceptors (Lipinski definition) is 3. The fraction of sp³-hybridized carbons (Fsp3) is 0.455. The van der Waals surface area contributed by atoms with E-state index in [0.717, 1.165) is 12.8 Å². The summed E-state index contributed by atoms with van der Waals surface area (Å²) in [7, 11) is 0. The van der Waals surface area contributed by atoms with Crippen molar-refractivity contribution in [3.05, 3.63) is 24.3 Å². The number of ether oxygens (including phenoxy) is 2. The molecule has 0 atom stereocenters. The summed E-state index contributed by atoms with van der Waals surface area (Å²) in [6.45, 7) is -2.81. The molecule has 0 spiro atoms. The van der Waals surface area contributed by atoms with Crippen molar-refractivity contribution in [2.24, 2.45) is 5.73 Å². The number of nitrogens with two attached hydrogens (primary N) is 1. The molecule has 0 amide bonds. The summed E-state index contributed by atoms with van der Waals surface area (Å²) in [4.78, 5) is 0. The molecule has 1 aliphatic carbocycles. The molecule has 1 aliphatic rings. The molecule has 0 bridgehead atoms. The van der Waals surface area contributed by atoms with Gasteiger partial charge in [-0.2, -0.15) is 8.78 Å². The quantitative estimate of drug-likeness (QED) is 0.910. The Balaban J connectivity index is 0.00000144. The Morgan fingerprint density at radius 3 is 2.47 bits per heavy atom. The molecule has 0 saturated heterocycles. The second-order valence-corrected chi connectivity index (χ2v) is 3.82. The van der Waals surface area contributed by atoms with Gasteiger partial charge in [-0.15, -0.1) is 12.4 Å². The Hall–Kier alpha value is -1.07. The van der Waals surface area contributed by atoms with Crippen LogP contribution in [0, 0.1) is 0 Å². The van der Waals surface area contributed by atoms with Crippen molar-refractivity contribution in [2.75, 3.05) is 0 Å². The van der Waals surface area contributed by atoms with Crippen molar-refractivity contribution >= 4 is 12.4 Å². The Labute approximate surface area is 104 Å². The van der Waals surface area contributed by atoms with E-state index in [9.17, 15) is 8.78 Å². The number of hydrogen-bond donors (Lipinski definition) is 1. The highest BCUT2D eigenvalue weighted by Gasteiger charge is 2.27. The zero-order valence-electron chi connectivity index (χ0n) is 9.01. The van der Waals surface area contributed by atoms with Crippen molar-refractivity contribution in [2.45, 2.75) is 31.6 Å². The lowest BCUT2D eigenvalue weighted by molar-refractivity contribution is -0.0500. The second-order valence-electron chi connectivity index (χ2n) is 3.82. The van der Waals surface area contributed by atoms with E-state index in [4.69, 9.17) is 10.5 Å². The molecule has 1 saturated carbocycles. The minimum atomic E-state index is -2.81. The zero-order chi connectivity index (χ0) is 11.5. The molecule has 96 valence electrons. The second kappa shape index (κ2) is 6.02. The largest absolute Gasteiger partial charge is 0.490 e. The van der Waals surface area contributed by atoms with Crippen LogP contribution in [0.3, 0.4) is 0 Å². The van der Waals surface area contributed by atoms with Crippen LogP contribution in [0.25, 0.3) is 0 Å². The van der Waals surface area contributed by atoms with Gasteiger partial charge in [-0.05, 0) is 25.0 Å². The lowest BCUT2D eigenvalue weighted by Gasteiger charge is -2.32. The fourth-order valence-electron chi connectivity index (χ4n) is 1.62. The van der Waals surface area contributed by atoms with E-state index >= 15 is 0 Å². The first-order valence-corrected chi connectivity index (χ1v) is 5.10. The summed E-state index contributed by atoms with van der Waals surface area (Å²) in [6.07, 6.45) is 1.71. The van der Waals surface area contributed by atoms with Crippen LogP contribution in [-0.2, 0) is 0 Å². The monoisotopic (exact) mass is 265 g/mol. The minimum Gasteiger partial charge on any atom is -0.490 e. The van der Waals surface area contributed by atoms with Crippen LogP contribution in [0.4, 0.5) is 8.78 Å². The molecular formula is C11H14ClF2NO2. The highest BCUT2D eigenvalue weighted by molar-refractivity contribution is 5.85. The summed E-state index contributed by atoms with van der Waals surface area (Å²) in [5.74, 6) is 0.645. The molecule has 0 unspecified atom stereocenters. The third-order valence-corrected chi connectivity index (χ3v) is 2.46. The summed E-state index contributed by atoms with van der Waals surface area (Å²) in [5, 5.41) is 0. The lowest BCUT2D eigenvalue weighted by atomic mass is 9.90. The molecular weight excluding hydrogens is 252 g/mol. The first kappa shape index (κ1) is 14.0. The summed E-state index contributed by atoms with van der Waals surface area (Å²) in [6, 6.07) is 6.44. The number of halogens is 3. The van der Waals surface area contributed by atoms with Crippen molar-refractivity contribution in [3.63, 3.8) is 0 Å². The molecule has 3 nitrogen and oxygen atoms in total. The van der Waals surface area contributed by atoms with Gasteiger partial charge < -0.3 is 15.2 Å². The van der Waals surface area contributed by atoms with E-state index < -0.39 is 6.61 Å². The van der Waals surface area contributed by atoms with Crippen LogP contribution < -0.4 is 15.2 Å². The Morgan fingerprint density at radius 1 is 1.24 bits per heavy atom. The van der Waals surface area contributed by atoms with Crippen molar-refractivity contribution in [1.29, 1.82) is 0 Å². The average molecular weight is 266 g/mol. The lowest BCUT2D eigenvalue weighted by Crippen LogP contribution is -2.43. The maximum absolute atomic E-state index is 12.0. The normalized spacial score (nSPS) is 22.6. The van der Waals surface area contributed by atoms with E-state index in [1.54, 1.807) is 12.1 Å². The topological polar surface area (TPSA) is 44.5 Å². The number of alkyl halides is 2. The molecule has 1 fully saturated rings. The molecule has 17 heavy (non-hydrogen) atoms. The number of benzene rings is 1. The molecule has 1 aromatic carbocycles. The molecule has 0 radical (unpaired) electrons. The van der Waals surface area contributed by atoms with Crippen molar-refractivity contribution in [3.8, 4) is 11.5 Å². The summed E-state index contributed by atoms with van der Waals surface area (Å²) in [5.41, 5.74) is 5.61. The van der Waals surface area contributed by atoms with E-state index in [1.807, 2.05) is 0 Å².